The lowest BCUT2D eigenvalue weighted by molar-refractivity contribution is -0.286. The third-order valence-corrected chi connectivity index (χ3v) is 8.80. The first kappa shape index (κ1) is 17.8. The largest absolute Gasteiger partial charge is 0.586 e. The van der Waals surface area contributed by atoms with Crippen LogP contribution < -0.4 is 14.2 Å². The lowest BCUT2D eigenvalue weighted by Crippen LogP contribution is -2.25. The summed E-state index contributed by atoms with van der Waals surface area (Å²) in [5.41, 5.74) is 1.64. The molecule has 3 aliphatic heterocycles. The molecule has 0 saturated heterocycles. The number of rotatable bonds is 2. The van der Waals surface area contributed by atoms with Gasteiger partial charge < -0.3 is 14.2 Å². The second-order valence-electron chi connectivity index (χ2n) is 6.66. The maximum Gasteiger partial charge on any atom is 0.586 e. The highest BCUT2D eigenvalue weighted by molar-refractivity contribution is 8.19. The normalized spacial score (nSPS) is 21.0. The van der Waals surface area contributed by atoms with Gasteiger partial charge in [-0.1, -0.05) is 36.0 Å². The fourth-order valence-electron chi connectivity index (χ4n) is 3.40. The smallest absolute Gasteiger partial charge is 0.473 e. The van der Waals surface area contributed by atoms with Crippen LogP contribution in [0, 0.1) is 0 Å². The summed E-state index contributed by atoms with van der Waals surface area (Å²) < 4.78 is 42.0. The molecule has 3 heterocycles. The molecular formula is C21H12F2O3S3. The van der Waals surface area contributed by atoms with Crippen molar-refractivity contribution in [1.29, 1.82) is 0 Å². The molecule has 0 aliphatic carbocycles. The van der Waals surface area contributed by atoms with Crippen molar-refractivity contribution in [2.24, 2.45) is 0 Å². The van der Waals surface area contributed by atoms with Gasteiger partial charge in [0.25, 0.3) is 0 Å². The summed E-state index contributed by atoms with van der Waals surface area (Å²) in [4.78, 5) is 3.63. The lowest BCUT2D eigenvalue weighted by Gasteiger charge is -2.11. The highest BCUT2D eigenvalue weighted by atomic mass is 32.2. The van der Waals surface area contributed by atoms with Crippen molar-refractivity contribution in [2.75, 3.05) is 0 Å². The van der Waals surface area contributed by atoms with Gasteiger partial charge >= 0.3 is 6.29 Å². The van der Waals surface area contributed by atoms with Crippen LogP contribution in [-0.2, 0) is 0 Å². The number of alkyl halides is 2. The summed E-state index contributed by atoms with van der Waals surface area (Å²) >= 11 is 5.24. The molecule has 0 spiro atoms. The number of benzene rings is 3. The Labute approximate surface area is 178 Å². The number of hydrogen-bond donors (Lipinski definition) is 0. The fraction of sp³-hybridized carbons (Fsp3) is 0.143. The van der Waals surface area contributed by atoms with Crippen molar-refractivity contribution in [3.8, 4) is 17.2 Å². The Morgan fingerprint density at radius 2 is 1.38 bits per heavy atom. The van der Waals surface area contributed by atoms with Crippen molar-refractivity contribution in [3.63, 3.8) is 0 Å². The van der Waals surface area contributed by atoms with Gasteiger partial charge in [-0.15, -0.1) is 32.3 Å². The van der Waals surface area contributed by atoms with Crippen LogP contribution >= 0.6 is 35.3 Å². The first-order valence-corrected chi connectivity index (χ1v) is 11.5. The van der Waals surface area contributed by atoms with Gasteiger partial charge in [-0.25, -0.2) is 0 Å². The van der Waals surface area contributed by atoms with Gasteiger partial charge in [0.1, 0.15) is 5.75 Å². The van der Waals surface area contributed by atoms with Gasteiger partial charge in [-0.3, -0.25) is 0 Å². The molecule has 6 rings (SSSR count). The van der Waals surface area contributed by atoms with Crippen LogP contribution in [0.5, 0.6) is 17.2 Å². The van der Waals surface area contributed by atoms with Gasteiger partial charge in [-0.05, 0) is 42.0 Å². The molecule has 0 amide bonds. The third kappa shape index (κ3) is 3.14. The monoisotopic (exact) mass is 446 g/mol. The summed E-state index contributed by atoms with van der Waals surface area (Å²) in [6.45, 7) is 0. The van der Waals surface area contributed by atoms with E-state index in [4.69, 9.17) is 4.74 Å². The van der Waals surface area contributed by atoms with Crippen molar-refractivity contribution < 1.29 is 23.0 Å². The molecule has 1 atom stereocenters. The van der Waals surface area contributed by atoms with Crippen molar-refractivity contribution in [3.05, 3.63) is 71.8 Å². The van der Waals surface area contributed by atoms with Crippen LogP contribution in [0.2, 0.25) is 0 Å². The van der Waals surface area contributed by atoms with E-state index in [2.05, 4.69) is 51.9 Å². The summed E-state index contributed by atoms with van der Waals surface area (Å²) in [5.74, 6) is 0.888. The minimum atomic E-state index is -3.61. The maximum absolute atomic E-state index is 13.3. The standard InChI is InChI=1S/C21H12F2O3S3/c22-21(23)25-13-7-5-11(9-14(13)26-21)19-24-15-10-12(6-8-16(15)27-19)20-28-17-3-1-2-4-18(17)29-20/h1-10,19-20H. The Balaban J connectivity index is 1.23. The molecule has 0 bridgehead atoms. The van der Waals surface area contributed by atoms with E-state index in [0.717, 1.165) is 16.2 Å². The van der Waals surface area contributed by atoms with Crippen LogP contribution in [0.15, 0.2) is 75.4 Å². The zero-order valence-corrected chi connectivity index (χ0v) is 17.1. The van der Waals surface area contributed by atoms with Gasteiger partial charge in [0.15, 0.2) is 16.9 Å². The van der Waals surface area contributed by atoms with E-state index < -0.39 is 6.29 Å². The maximum atomic E-state index is 13.3. The Hall–Kier alpha value is -2.03. The average molecular weight is 447 g/mol. The zero-order chi connectivity index (χ0) is 19.6. The number of fused-ring (bicyclic) bond motifs is 3. The molecule has 3 aromatic rings. The van der Waals surface area contributed by atoms with Crippen LogP contribution in [0.3, 0.4) is 0 Å². The predicted molar refractivity (Wildman–Crippen MR) is 109 cm³/mol. The third-order valence-electron chi connectivity index (χ3n) is 4.72. The highest BCUT2D eigenvalue weighted by Gasteiger charge is 2.44. The first-order chi connectivity index (χ1) is 14.0. The highest BCUT2D eigenvalue weighted by Crippen LogP contribution is 2.58. The van der Waals surface area contributed by atoms with E-state index in [0.29, 0.717) is 0 Å². The van der Waals surface area contributed by atoms with Gasteiger partial charge in [-0.2, -0.15) is 0 Å². The van der Waals surface area contributed by atoms with Gasteiger partial charge in [0.05, 0.1) is 9.48 Å². The Morgan fingerprint density at radius 3 is 2.17 bits per heavy atom. The van der Waals surface area contributed by atoms with Gasteiger partial charge in [0, 0.05) is 15.4 Å². The van der Waals surface area contributed by atoms with Crippen molar-refractivity contribution >= 4 is 35.3 Å². The summed E-state index contributed by atoms with van der Waals surface area (Å²) in [6, 6.07) is 19.5. The summed E-state index contributed by atoms with van der Waals surface area (Å²) in [7, 11) is 0. The molecular weight excluding hydrogens is 434 g/mol. The van der Waals surface area contributed by atoms with E-state index in [1.54, 1.807) is 23.9 Å². The zero-order valence-electron chi connectivity index (χ0n) is 14.6. The second kappa shape index (κ2) is 6.48. The summed E-state index contributed by atoms with van der Waals surface area (Å²) in [6.07, 6.45) is -3.61. The molecule has 0 saturated carbocycles. The van der Waals surface area contributed by atoms with Gasteiger partial charge in [0.2, 0.25) is 0 Å². The molecule has 0 fully saturated rings. The van der Waals surface area contributed by atoms with Crippen LogP contribution in [0.25, 0.3) is 0 Å². The molecule has 3 aromatic carbocycles. The number of halogens is 2. The SMILES string of the molecule is FC1(F)Oc2ccc(C3Oc4cc(C5Sc6ccccc6S5)ccc4S3)cc2O1. The minimum Gasteiger partial charge on any atom is -0.473 e. The Morgan fingerprint density at radius 1 is 0.690 bits per heavy atom. The number of thioether (sulfide) groups is 3. The molecule has 146 valence electrons. The molecule has 8 heteroatoms. The van der Waals surface area contributed by atoms with Crippen molar-refractivity contribution in [1.82, 2.24) is 0 Å². The van der Waals surface area contributed by atoms with E-state index in [1.807, 2.05) is 23.5 Å². The quantitative estimate of drug-likeness (QED) is 0.417. The molecule has 0 radical (unpaired) electrons. The molecule has 29 heavy (non-hydrogen) atoms. The Bertz CT molecular complexity index is 1110. The average Bonchev–Trinajstić information content (AvgIpc) is 3.39. The van der Waals surface area contributed by atoms with Crippen LogP contribution in [0.1, 0.15) is 21.1 Å². The van der Waals surface area contributed by atoms with E-state index in [9.17, 15) is 8.78 Å². The summed E-state index contributed by atoms with van der Waals surface area (Å²) in [5, 5.41) is 0. The van der Waals surface area contributed by atoms with Crippen LogP contribution in [0.4, 0.5) is 8.78 Å². The molecule has 0 N–H and O–H groups in total. The molecule has 3 aliphatic rings. The minimum absolute atomic E-state index is 0.0323. The fourth-order valence-corrected chi connectivity index (χ4v) is 7.25. The second-order valence-corrected chi connectivity index (χ2v) is 10.4. The Kier molecular flexibility index (Phi) is 3.98. The lowest BCUT2D eigenvalue weighted by atomic mass is 10.2. The van der Waals surface area contributed by atoms with Crippen LogP contribution in [-0.4, -0.2) is 6.29 Å². The first-order valence-electron chi connectivity index (χ1n) is 8.83. The number of ether oxygens (including phenoxy) is 3. The predicted octanol–water partition coefficient (Wildman–Crippen LogP) is 7.09. The molecule has 3 nitrogen and oxygen atoms in total. The van der Waals surface area contributed by atoms with E-state index >= 15 is 0 Å². The topological polar surface area (TPSA) is 27.7 Å². The van der Waals surface area contributed by atoms with E-state index in [1.165, 1.54) is 21.4 Å². The number of hydrogen-bond acceptors (Lipinski definition) is 6. The molecule has 0 aromatic heterocycles. The van der Waals surface area contributed by atoms with E-state index in [-0.39, 0.29) is 21.5 Å². The van der Waals surface area contributed by atoms with Crippen molar-refractivity contribution in [2.45, 2.75) is 31.0 Å². The molecule has 1 unspecified atom stereocenters.